The van der Waals surface area contributed by atoms with E-state index >= 15 is 0 Å². The summed E-state index contributed by atoms with van der Waals surface area (Å²) in [5.74, 6) is -0.372. The summed E-state index contributed by atoms with van der Waals surface area (Å²) < 4.78 is 1.13. The van der Waals surface area contributed by atoms with Gasteiger partial charge in [0.15, 0.2) is 0 Å². The second-order valence-corrected chi connectivity index (χ2v) is 5.93. The number of carbonyl (C=O) groups is 1. The molecule has 3 rings (SSSR count). The van der Waals surface area contributed by atoms with E-state index in [4.69, 9.17) is 11.6 Å². The largest absolute Gasteiger partial charge is 0.370 e. The van der Waals surface area contributed by atoms with Crippen LogP contribution < -0.4 is 15.8 Å². The van der Waals surface area contributed by atoms with E-state index in [1.807, 2.05) is 12.1 Å². The first-order valence-corrected chi connectivity index (χ1v) is 7.82. The maximum atomic E-state index is 12.4. The summed E-state index contributed by atoms with van der Waals surface area (Å²) in [6.45, 7) is 1.92. The summed E-state index contributed by atoms with van der Waals surface area (Å²) in [4.78, 5) is 26.0. The standard InChI is InChI=1S/C16H17ClN4O2/c1-20-15(22)7-5-12(19-20)16(23)18-13-10-11(17)4-6-14(13)21-8-2-3-9-21/h4-7,10H,2-3,8-9H2,1H3,(H,18,23). The van der Waals surface area contributed by atoms with Crippen LogP contribution in [0.5, 0.6) is 0 Å². The van der Waals surface area contributed by atoms with E-state index in [0.717, 1.165) is 36.3 Å². The second kappa shape index (κ2) is 6.42. The van der Waals surface area contributed by atoms with E-state index in [1.54, 1.807) is 6.07 Å². The van der Waals surface area contributed by atoms with E-state index in [0.29, 0.717) is 10.7 Å². The summed E-state index contributed by atoms with van der Waals surface area (Å²) in [5, 5.41) is 7.36. The molecule has 0 spiro atoms. The highest BCUT2D eigenvalue weighted by Crippen LogP contribution is 2.31. The van der Waals surface area contributed by atoms with Crippen LogP contribution in [0.1, 0.15) is 23.3 Å². The van der Waals surface area contributed by atoms with Gasteiger partial charge in [-0.3, -0.25) is 9.59 Å². The zero-order valence-electron chi connectivity index (χ0n) is 12.8. The molecule has 1 N–H and O–H groups in total. The van der Waals surface area contributed by atoms with Crippen LogP contribution in [0, 0.1) is 0 Å². The summed E-state index contributed by atoms with van der Waals surface area (Å²) in [5.41, 5.74) is 1.52. The Morgan fingerprint density at radius 1 is 1.22 bits per heavy atom. The van der Waals surface area contributed by atoms with Crippen LogP contribution >= 0.6 is 11.6 Å². The Bertz CT molecular complexity index is 797. The van der Waals surface area contributed by atoms with Crippen LogP contribution in [0.25, 0.3) is 0 Å². The molecule has 1 saturated heterocycles. The van der Waals surface area contributed by atoms with Gasteiger partial charge in [-0.15, -0.1) is 0 Å². The predicted octanol–water partition coefficient (Wildman–Crippen LogP) is 2.29. The average Bonchev–Trinajstić information content (AvgIpc) is 3.04. The third-order valence-electron chi connectivity index (χ3n) is 3.85. The first-order valence-electron chi connectivity index (χ1n) is 7.45. The minimum atomic E-state index is -0.372. The lowest BCUT2D eigenvalue weighted by Gasteiger charge is -2.21. The van der Waals surface area contributed by atoms with Gasteiger partial charge < -0.3 is 10.2 Å². The fourth-order valence-corrected chi connectivity index (χ4v) is 2.82. The number of nitrogens with one attached hydrogen (secondary N) is 1. The summed E-state index contributed by atoms with van der Waals surface area (Å²) in [7, 11) is 1.51. The molecular formula is C16H17ClN4O2. The van der Waals surface area contributed by atoms with Crippen LogP contribution in [-0.4, -0.2) is 28.8 Å². The van der Waals surface area contributed by atoms with E-state index in [2.05, 4.69) is 15.3 Å². The zero-order chi connectivity index (χ0) is 16.4. The van der Waals surface area contributed by atoms with Crippen molar-refractivity contribution in [2.24, 2.45) is 7.05 Å². The lowest BCUT2D eigenvalue weighted by Crippen LogP contribution is -2.25. The highest BCUT2D eigenvalue weighted by molar-refractivity contribution is 6.31. The molecule has 2 heterocycles. The summed E-state index contributed by atoms with van der Waals surface area (Å²) >= 11 is 6.07. The molecule has 2 aromatic rings. The third-order valence-corrected chi connectivity index (χ3v) is 4.08. The number of hydrogen-bond acceptors (Lipinski definition) is 4. The second-order valence-electron chi connectivity index (χ2n) is 5.49. The Hall–Kier alpha value is -2.34. The van der Waals surface area contributed by atoms with Crippen LogP contribution in [-0.2, 0) is 7.05 Å². The van der Waals surface area contributed by atoms with Gasteiger partial charge in [0, 0.05) is 31.2 Å². The maximum absolute atomic E-state index is 12.4. The van der Waals surface area contributed by atoms with E-state index < -0.39 is 0 Å². The van der Waals surface area contributed by atoms with Gasteiger partial charge in [0.25, 0.3) is 11.5 Å². The fourth-order valence-electron chi connectivity index (χ4n) is 2.65. The van der Waals surface area contributed by atoms with Crippen molar-refractivity contribution in [2.75, 3.05) is 23.3 Å². The smallest absolute Gasteiger partial charge is 0.276 e. The van der Waals surface area contributed by atoms with Crippen LogP contribution in [0.3, 0.4) is 0 Å². The molecular weight excluding hydrogens is 316 g/mol. The molecule has 1 amide bonds. The number of halogens is 1. The van der Waals surface area contributed by atoms with Crippen molar-refractivity contribution in [1.29, 1.82) is 0 Å². The maximum Gasteiger partial charge on any atom is 0.276 e. The number of aryl methyl sites for hydroxylation is 1. The van der Waals surface area contributed by atoms with Crippen molar-refractivity contribution in [3.8, 4) is 0 Å². The number of nitrogens with zero attached hydrogens (tertiary/aromatic N) is 3. The van der Waals surface area contributed by atoms with Crippen molar-refractivity contribution < 1.29 is 4.79 Å². The Kier molecular flexibility index (Phi) is 4.34. The normalized spacial score (nSPS) is 14.1. The summed E-state index contributed by atoms with van der Waals surface area (Å²) in [6.07, 6.45) is 2.27. The quantitative estimate of drug-likeness (QED) is 0.936. The number of aromatic nitrogens is 2. The van der Waals surface area contributed by atoms with Gasteiger partial charge >= 0.3 is 0 Å². The molecule has 1 aromatic carbocycles. The van der Waals surface area contributed by atoms with Gasteiger partial charge in [0.1, 0.15) is 5.69 Å². The minimum Gasteiger partial charge on any atom is -0.370 e. The number of anilines is 2. The topological polar surface area (TPSA) is 67.2 Å². The Morgan fingerprint density at radius 2 is 1.96 bits per heavy atom. The highest BCUT2D eigenvalue weighted by Gasteiger charge is 2.18. The first-order chi connectivity index (χ1) is 11.0. The molecule has 0 saturated carbocycles. The molecule has 1 aromatic heterocycles. The monoisotopic (exact) mass is 332 g/mol. The molecule has 1 fully saturated rings. The zero-order valence-corrected chi connectivity index (χ0v) is 13.5. The van der Waals surface area contributed by atoms with Gasteiger partial charge in [-0.25, -0.2) is 4.68 Å². The number of amides is 1. The van der Waals surface area contributed by atoms with Crippen LogP contribution in [0.2, 0.25) is 5.02 Å². The van der Waals surface area contributed by atoms with E-state index in [-0.39, 0.29) is 17.2 Å². The lowest BCUT2D eigenvalue weighted by molar-refractivity contribution is 0.102. The van der Waals surface area contributed by atoms with Crippen molar-refractivity contribution in [2.45, 2.75) is 12.8 Å². The van der Waals surface area contributed by atoms with Crippen molar-refractivity contribution in [1.82, 2.24) is 9.78 Å². The molecule has 0 radical (unpaired) electrons. The molecule has 120 valence electrons. The molecule has 0 bridgehead atoms. The average molecular weight is 333 g/mol. The minimum absolute atomic E-state index is 0.180. The Balaban J connectivity index is 1.89. The van der Waals surface area contributed by atoms with Gasteiger partial charge in [0.05, 0.1) is 11.4 Å². The molecule has 1 aliphatic rings. The number of benzene rings is 1. The van der Waals surface area contributed by atoms with Crippen molar-refractivity contribution >= 4 is 28.9 Å². The molecule has 1 aliphatic heterocycles. The van der Waals surface area contributed by atoms with Crippen molar-refractivity contribution in [3.05, 3.63) is 51.4 Å². The molecule has 7 heteroatoms. The lowest BCUT2D eigenvalue weighted by atomic mass is 10.2. The molecule has 0 atom stereocenters. The van der Waals surface area contributed by atoms with Crippen molar-refractivity contribution in [3.63, 3.8) is 0 Å². The van der Waals surface area contributed by atoms with Gasteiger partial charge in [0.2, 0.25) is 0 Å². The molecule has 6 nitrogen and oxygen atoms in total. The SMILES string of the molecule is Cn1nc(C(=O)Nc2cc(Cl)ccc2N2CCCC2)ccc1=O. The van der Waals surface area contributed by atoms with E-state index in [1.165, 1.54) is 19.2 Å². The highest BCUT2D eigenvalue weighted by atomic mass is 35.5. The van der Waals surface area contributed by atoms with Crippen LogP contribution in [0.4, 0.5) is 11.4 Å². The molecule has 0 unspecified atom stereocenters. The predicted molar refractivity (Wildman–Crippen MR) is 90.3 cm³/mol. The van der Waals surface area contributed by atoms with Gasteiger partial charge in [-0.2, -0.15) is 5.10 Å². The summed E-state index contributed by atoms with van der Waals surface area (Å²) in [6, 6.07) is 8.20. The number of rotatable bonds is 3. The van der Waals surface area contributed by atoms with Gasteiger partial charge in [-0.1, -0.05) is 11.6 Å². The molecule has 0 aliphatic carbocycles. The molecule has 23 heavy (non-hydrogen) atoms. The third kappa shape index (κ3) is 3.37. The first kappa shape index (κ1) is 15.6. The Labute approximate surface area is 138 Å². The number of hydrogen-bond donors (Lipinski definition) is 1. The Morgan fingerprint density at radius 3 is 2.65 bits per heavy atom. The van der Waals surface area contributed by atoms with E-state index in [9.17, 15) is 9.59 Å². The van der Waals surface area contributed by atoms with Gasteiger partial charge in [-0.05, 0) is 37.1 Å². The number of carbonyl (C=O) groups excluding carboxylic acids is 1. The van der Waals surface area contributed by atoms with Crippen LogP contribution in [0.15, 0.2) is 35.1 Å². The fraction of sp³-hybridized carbons (Fsp3) is 0.312.